The number of hydrogen-bond donors (Lipinski definition) is 1. The Morgan fingerprint density at radius 2 is 1.79 bits per heavy atom. The van der Waals surface area contributed by atoms with E-state index in [0.29, 0.717) is 0 Å². The quantitative estimate of drug-likeness (QED) is 0.831. The number of piperidine rings is 1. The molecule has 0 aromatic carbocycles. The molecule has 4 heteroatoms. The molecule has 3 rings (SSSR count). The van der Waals surface area contributed by atoms with Gasteiger partial charge in [-0.25, -0.2) is 0 Å². The average Bonchev–Trinajstić information content (AvgIpc) is 2.75. The highest BCUT2D eigenvalue weighted by atomic mass is 16.7. The highest BCUT2D eigenvalue weighted by molar-refractivity contribution is 4.90. The molecular weight excluding hydrogens is 242 g/mol. The number of hydrogen-bond acceptors (Lipinski definition) is 4. The standard InChI is InChI=1S/C15H27NO3/c1-13-11-18-15(19-13)7-9-16(10-8-15)12-14(17)5-3-2-4-6-14/h13,17H,2-12H2,1H3. The van der Waals surface area contributed by atoms with Crippen LogP contribution in [0.4, 0.5) is 0 Å². The molecule has 0 amide bonds. The van der Waals surface area contributed by atoms with Gasteiger partial charge in [-0.1, -0.05) is 19.3 Å². The molecule has 0 bridgehead atoms. The number of nitrogens with zero attached hydrogens (tertiary/aromatic N) is 1. The minimum Gasteiger partial charge on any atom is -0.389 e. The van der Waals surface area contributed by atoms with Crippen molar-refractivity contribution in [3.8, 4) is 0 Å². The minimum atomic E-state index is -0.437. The topological polar surface area (TPSA) is 41.9 Å². The second-order valence-corrected chi connectivity index (χ2v) is 6.71. The predicted octanol–water partition coefficient (Wildman–Crippen LogP) is 1.91. The zero-order valence-electron chi connectivity index (χ0n) is 12.1. The summed E-state index contributed by atoms with van der Waals surface area (Å²) >= 11 is 0. The molecule has 19 heavy (non-hydrogen) atoms. The van der Waals surface area contributed by atoms with Gasteiger partial charge in [0.1, 0.15) is 0 Å². The van der Waals surface area contributed by atoms with E-state index in [0.717, 1.165) is 51.9 Å². The summed E-state index contributed by atoms with van der Waals surface area (Å²) in [6.07, 6.45) is 7.69. The van der Waals surface area contributed by atoms with Gasteiger partial charge in [-0.05, 0) is 19.8 Å². The van der Waals surface area contributed by atoms with Gasteiger partial charge in [0.2, 0.25) is 0 Å². The summed E-state index contributed by atoms with van der Waals surface area (Å²) in [5.74, 6) is -0.314. The molecule has 4 nitrogen and oxygen atoms in total. The van der Waals surface area contributed by atoms with Crippen molar-refractivity contribution in [1.29, 1.82) is 0 Å². The third kappa shape index (κ3) is 3.13. The Kier molecular flexibility index (Phi) is 3.87. The fraction of sp³-hybridized carbons (Fsp3) is 1.00. The summed E-state index contributed by atoms with van der Waals surface area (Å²) in [6, 6.07) is 0. The first kappa shape index (κ1) is 13.8. The second-order valence-electron chi connectivity index (χ2n) is 6.71. The zero-order valence-corrected chi connectivity index (χ0v) is 12.1. The lowest BCUT2D eigenvalue weighted by Crippen LogP contribution is -2.51. The maximum absolute atomic E-state index is 10.6. The normalized spacial score (nSPS) is 34.7. The third-order valence-electron chi connectivity index (χ3n) is 4.92. The van der Waals surface area contributed by atoms with E-state index in [1.165, 1.54) is 19.3 Å². The van der Waals surface area contributed by atoms with Crippen LogP contribution < -0.4 is 0 Å². The van der Waals surface area contributed by atoms with Gasteiger partial charge in [-0.15, -0.1) is 0 Å². The van der Waals surface area contributed by atoms with Crippen LogP contribution in [0.25, 0.3) is 0 Å². The molecule has 1 spiro atoms. The van der Waals surface area contributed by atoms with Gasteiger partial charge in [0.15, 0.2) is 5.79 Å². The molecule has 3 fully saturated rings. The van der Waals surface area contributed by atoms with Crippen LogP contribution in [0.2, 0.25) is 0 Å². The third-order valence-corrected chi connectivity index (χ3v) is 4.92. The molecule has 2 heterocycles. The molecule has 1 aliphatic carbocycles. The first-order valence-electron chi connectivity index (χ1n) is 7.86. The van der Waals surface area contributed by atoms with Gasteiger partial charge < -0.3 is 19.5 Å². The first-order chi connectivity index (χ1) is 9.09. The van der Waals surface area contributed by atoms with Crippen molar-refractivity contribution in [3.63, 3.8) is 0 Å². The Morgan fingerprint density at radius 1 is 1.11 bits per heavy atom. The van der Waals surface area contributed by atoms with Gasteiger partial charge in [0, 0.05) is 32.5 Å². The van der Waals surface area contributed by atoms with Crippen LogP contribution in [0.15, 0.2) is 0 Å². The molecule has 1 unspecified atom stereocenters. The molecule has 0 aromatic rings. The lowest BCUT2D eigenvalue weighted by molar-refractivity contribution is -0.196. The molecule has 2 aliphatic heterocycles. The van der Waals surface area contributed by atoms with Crippen molar-refractivity contribution in [2.24, 2.45) is 0 Å². The fourth-order valence-electron chi connectivity index (χ4n) is 3.80. The molecule has 110 valence electrons. The molecule has 1 saturated carbocycles. The van der Waals surface area contributed by atoms with E-state index >= 15 is 0 Å². The molecule has 2 saturated heterocycles. The van der Waals surface area contributed by atoms with E-state index in [9.17, 15) is 5.11 Å². The molecule has 3 aliphatic rings. The Bertz CT molecular complexity index is 307. The van der Waals surface area contributed by atoms with Gasteiger partial charge in [0.05, 0.1) is 18.3 Å². The second kappa shape index (κ2) is 5.32. The van der Waals surface area contributed by atoms with Gasteiger partial charge in [-0.2, -0.15) is 0 Å². The van der Waals surface area contributed by atoms with Gasteiger partial charge in [0.25, 0.3) is 0 Å². The van der Waals surface area contributed by atoms with Crippen LogP contribution >= 0.6 is 0 Å². The van der Waals surface area contributed by atoms with Crippen molar-refractivity contribution in [3.05, 3.63) is 0 Å². The van der Waals surface area contributed by atoms with Crippen LogP contribution in [-0.4, -0.2) is 53.7 Å². The fourth-order valence-corrected chi connectivity index (χ4v) is 3.80. The number of likely N-dealkylation sites (tertiary alicyclic amines) is 1. The summed E-state index contributed by atoms with van der Waals surface area (Å²) in [4.78, 5) is 2.40. The average molecular weight is 269 g/mol. The number of ether oxygens (including phenoxy) is 2. The van der Waals surface area contributed by atoms with Crippen molar-refractivity contribution in [1.82, 2.24) is 4.90 Å². The zero-order chi connectivity index (χ0) is 13.3. The monoisotopic (exact) mass is 269 g/mol. The lowest BCUT2D eigenvalue weighted by atomic mass is 9.84. The van der Waals surface area contributed by atoms with Crippen molar-refractivity contribution in [2.45, 2.75) is 69.4 Å². The maximum Gasteiger partial charge on any atom is 0.171 e. The van der Waals surface area contributed by atoms with E-state index in [2.05, 4.69) is 11.8 Å². The Labute approximate surface area is 116 Å². The van der Waals surface area contributed by atoms with Crippen LogP contribution in [0, 0.1) is 0 Å². The largest absolute Gasteiger partial charge is 0.389 e. The molecule has 0 aromatic heterocycles. The van der Waals surface area contributed by atoms with E-state index in [4.69, 9.17) is 9.47 Å². The first-order valence-corrected chi connectivity index (χ1v) is 7.86. The highest BCUT2D eigenvalue weighted by Gasteiger charge is 2.43. The van der Waals surface area contributed by atoms with Crippen LogP contribution in [0.1, 0.15) is 51.9 Å². The Morgan fingerprint density at radius 3 is 2.37 bits per heavy atom. The molecule has 1 atom stereocenters. The predicted molar refractivity (Wildman–Crippen MR) is 72.9 cm³/mol. The van der Waals surface area contributed by atoms with E-state index < -0.39 is 5.60 Å². The summed E-state index contributed by atoms with van der Waals surface area (Å²) < 4.78 is 11.8. The van der Waals surface area contributed by atoms with Gasteiger partial charge >= 0.3 is 0 Å². The Balaban J connectivity index is 1.50. The van der Waals surface area contributed by atoms with Crippen molar-refractivity contribution < 1.29 is 14.6 Å². The van der Waals surface area contributed by atoms with Crippen molar-refractivity contribution >= 4 is 0 Å². The van der Waals surface area contributed by atoms with Crippen LogP contribution in [-0.2, 0) is 9.47 Å². The van der Waals surface area contributed by atoms with E-state index in [1.807, 2.05) is 0 Å². The smallest absolute Gasteiger partial charge is 0.171 e. The number of aliphatic hydroxyl groups is 1. The van der Waals surface area contributed by atoms with Crippen molar-refractivity contribution in [2.75, 3.05) is 26.2 Å². The van der Waals surface area contributed by atoms with Gasteiger partial charge in [-0.3, -0.25) is 0 Å². The lowest BCUT2D eigenvalue weighted by Gasteiger charge is -2.42. The molecule has 1 N–H and O–H groups in total. The maximum atomic E-state index is 10.6. The minimum absolute atomic E-state index is 0.231. The highest BCUT2D eigenvalue weighted by Crippen LogP contribution is 2.35. The molecule has 0 radical (unpaired) electrons. The summed E-state index contributed by atoms with van der Waals surface area (Å²) in [7, 11) is 0. The van der Waals surface area contributed by atoms with Crippen LogP contribution in [0.3, 0.4) is 0 Å². The summed E-state index contributed by atoms with van der Waals surface area (Å²) in [5, 5.41) is 10.6. The summed E-state index contributed by atoms with van der Waals surface area (Å²) in [5.41, 5.74) is -0.437. The van der Waals surface area contributed by atoms with E-state index in [1.54, 1.807) is 0 Å². The number of β-amino-alcohol motifs (C(OH)–C–C–N with tert-alkyl or cyclic N) is 1. The van der Waals surface area contributed by atoms with E-state index in [-0.39, 0.29) is 11.9 Å². The molecular formula is C15H27NO3. The number of rotatable bonds is 2. The summed E-state index contributed by atoms with van der Waals surface area (Å²) in [6.45, 7) is 5.60. The van der Waals surface area contributed by atoms with Crippen LogP contribution in [0.5, 0.6) is 0 Å². The SMILES string of the molecule is CC1COC2(CCN(CC3(O)CCCCC3)CC2)O1. The Hall–Kier alpha value is -0.160.